The monoisotopic (exact) mass is 418 g/mol. The highest BCUT2D eigenvalue weighted by Gasteiger charge is 2.20. The molecule has 0 spiro atoms. The lowest BCUT2D eigenvalue weighted by Crippen LogP contribution is -2.23. The maximum Gasteiger partial charge on any atom is 0.341 e. The van der Waals surface area contributed by atoms with E-state index >= 15 is 0 Å². The minimum absolute atomic E-state index is 0.404. The number of aliphatic hydroxyl groups is 1. The molecular weight excluding hydrogens is 388 g/mol. The van der Waals surface area contributed by atoms with E-state index in [1.54, 1.807) is 38.5 Å². The first-order chi connectivity index (χ1) is 14.1. The van der Waals surface area contributed by atoms with E-state index in [9.17, 15) is 9.90 Å². The SMILES string of the molecule is COc1cc(CCC(O)c2cccc(OCC(=O)O)c2)cc(OC(C)(C)C)c1OC. The van der Waals surface area contributed by atoms with Crippen molar-refractivity contribution in [2.45, 2.75) is 45.3 Å². The normalized spacial score (nSPS) is 12.2. The van der Waals surface area contributed by atoms with Crippen molar-refractivity contribution >= 4 is 5.97 Å². The molecule has 0 saturated carbocycles. The van der Waals surface area contributed by atoms with Gasteiger partial charge in [-0.05, 0) is 69.0 Å². The van der Waals surface area contributed by atoms with Crippen molar-refractivity contribution in [3.05, 3.63) is 47.5 Å². The van der Waals surface area contributed by atoms with Gasteiger partial charge in [-0.25, -0.2) is 4.79 Å². The van der Waals surface area contributed by atoms with Crippen LogP contribution in [0.4, 0.5) is 0 Å². The number of ether oxygens (including phenoxy) is 4. The van der Waals surface area contributed by atoms with Gasteiger partial charge in [-0.3, -0.25) is 0 Å². The smallest absolute Gasteiger partial charge is 0.341 e. The highest BCUT2D eigenvalue weighted by molar-refractivity contribution is 5.68. The molecular formula is C23H30O7. The highest BCUT2D eigenvalue weighted by Crippen LogP contribution is 2.40. The number of carboxylic acids is 1. The van der Waals surface area contributed by atoms with Crippen LogP contribution in [-0.2, 0) is 11.2 Å². The zero-order valence-corrected chi connectivity index (χ0v) is 18.1. The molecule has 0 radical (unpaired) electrons. The predicted octanol–water partition coefficient (Wildman–Crippen LogP) is 4.01. The van der Waals surface area contributed by atoms with E-state index < -0.39 is 24.3 Å². The standard InChI is InChI=1S/C23H30O7/c1-23(2,3)30-20-12-15(11-19(27-4)22(20)28-5)9-10-18(24)16-7-6-8-17(13-16)29-14-21(25)26/h6-8,11-13,18,24H,9-10,14H2,1-5H3,(H,25,26). The third-order valence-electron chi connectivity index (χ3n) is 4.23. The molecule has 2 rings (SSSR count). The lowest BCUT2D eigenvalue weighted by molar-refractivity contribution is -0.139. The zero-order chi connectivity index (χ0) is 22.3. The molecule has 2 N–H and O–H groups in total. The number of rotatable bonds is 10. The third kappa shape index (κ3) is 6.84. The molecule has 0 saturated heterocycles. The van der Waals surface area contributed by atoms with E-state index in [-0.39, 0.29) is 0 Å². The number of benzene rings is 2. The van der Waals surface area contributed by atoms with Gasteiger partial charge in [0.25, 0.3) is 0 Å². The van der Waals surface area contributed by atoms with Crippen LogP contribution in [-0.4, -0.2) is 42.6 Å². The Labute approximate surface area is 177 Å². The fraction of sp³-hybridized carbons (Fsp3) is 0.435. The minimum Gasteiger partial charge on any atom is -0.493 e. The second-order valence-corrected chi connectivity index (χ2v) is 7.85. The van der Waals surface area contributed by atoms with Crippen LogP contribution in [0.1, 0.15) is 44.4 Å². The summed E-state index contributed by atoms with van der Waals surface area (Å²) in [6, 6.07) is 10.6. The van der Waals surface area contributed by atoms with Gasteiger partial charge in [0.2, 0.25) is 5.75 Å². The van der Waals surface area contributed by atoms with Crippen LogP contribution < -0.4 is 18.9 Å². The van der Waals surface area contributed by atoms with Crippen LogP contribution >= 0.6 is 0 Å². The first-order valence-corrected chi connectivity index (χ1v) is 9.69. The number of carbonyl (C=O) groups is 1. The Bertz CT molecular complexity index is 855. The fourth-order valence-electron chi connectivity index (χ4n) is 2.96. The van der Waals surface area contributed by atoms with Crippen molar-refractivity contribution in [2.24, 2.45) is 0 Å². The van der Waals surface area contributed by atoms with Gasteiger partial charge in [0.15, 0.2) is 18.1 Å². The molecule has 0 fully saturated rings. The van der Waals surface area contributed by atoms with Crippen molar-refractivity contribution < 1.29 is 34.0 Å². The molecule has 7 nitrogen and oxygen atoms in total. The summed E-state index contributed by atoms with van der Waals surface area (Å²) in [6.45, 7) is 5.43. The third-order valence-corrected chi connectivity index (χ3v) is 4.23. The summed E-state index contributed by atoms with van der Waals surface area (Å²) in [5.41, 5.74) is 1.18. The summed E-state index contributed by atoms with van der Waals surface area (Å²) in [6.07, 6.45) is 0.285. The molecule has 30 heavy (non-hydrogen) atoms. The average molecular weight is 418 g/mol. The number of aliphatic carboxylic acids is 1. The van der Waals surface area contributed by atoms with E-state index in [2.05, 4.69) is 0 Å². The number of aryl methyl sites for hydroxylation is 1. The Kier molecular flexibility index (Phi) is 7.94. The van der Waals surface area contributed by atoms with Crippen LogP contribution in [0, 0.1) is 0 Å². The van der Waals surface area contributed by atoms with Crippen molar-refractivity contribution in [3.8, 4) is 23.0 Å². The Morgan fingerprint density at radius 3 is 2.37 bits per heavy atom. The average Bonchev–Trinajstić information content (AvgIpc) is 2.69. The lowest BCUT2D eigenvalue weighted by Gasteiger charge is -2.24. The van der Waals surface area contributed by atoms with Gasteiger partial charge in [0.1, 0.15) is 11.4 Å². The van der Waals surface area contributed by atoms with Gasteiger partial charge in [-0.2, -0.15) is 0 Å². The molecule has 0 heterocycles. The molecule has 0 aromatic heterocycles. The molecule has 0 bridgehead atoms. The van der Waals surface area contributed by atoms with Gasteiger partial charge in [0.05, 0.1) is 20.3 Å². The van der Waals surface area contributed by atoms with Gasteiger partial charge >= 0.3 is 5.97 Å². The van der Waals surface area contributed by atoms with Crippen molar-refractivity contribution in [3.63, 3.8) is 0 Å². The summed E-state index contributed by atoms with van der Waals surface area (Å²) < 4.78 is 22.1. The van der Waals surface area contributed by atoms with E-state index in [1.807, 2.05) is 32.9 Å². The molecule has 0 amide bonds. The predicted molar refractivity (Wildman–Crippen MR) is 113 cm³/mol. The second-order valence-electron chi connectivity index (χ2n) is 7.85. The molecule has 7 heteroatoms. The summed E-state index contributed by atoms with van der Waals surface area (Å²) >= 11 is 0. The van der Waals surface area contributed by atoms with E-state index in [1.165, 1.54) is 0 Å². The minimum atomic E-state index is -1.05. The maximum absolute atomic E-state index is 10.7. The molecule has 0 aliphatic rings. The van der Waals surface area contributed by atoms with E-state index in [0.717, 1.165) is 5.56 Å². The van der Waals surface area contributed by atoms with Crippen molar-refractivity contribution in [1.29, 1.82) is 0 Å². The molecule has 2 aromatic rings. The van der Waals surface area contributed by atoms with Crippen LogP contribution in [0.25, 0.3) is 0 Å². The number of carboxylic acid groups (broad SMARTS) is 1. The number of aliphatic hydroxyl groups excluding tert-OH is 1. The number of hydrogen-bond donors (Lipinski definition) is 2. The topological polar surface area (TPSA) is 94.5 Å². The van der Waals surface area contributed by atoms with Crippen molar-refractivity contribution in [1.82, 2.24) is 0 Å². The molecule has 0 aliphatic carbocycles. The summed E-state index contributed by atoms with van der Waals surface area (Å²) in [5, 5.41) is 19.3. The lowest BCUT2D eigenvalue weighted by atomic mass is 10.0. The molecule has 1 atom stereocenters. The van der Waals surface area contributed by atoms with Gasteiger partial charge < -0.3 is 29.2 Å². The molecule has 1 unspecified atom stereocenters. The van der Waals surface area contributed by atoms with Crippen molar-refractivity contribution in [2.75, 3.05) is 20.8 Å². The largest absolute Gasteiger partial charge is 0.493 e. The summed E-state index contributed by atoms with van der Waals surface area (Å²) in [7, 11) is 3.14. The van der Waals surface area contributed by atoms with Crippen LogP contribution in [0.2, 0.25) is 0 Å². The summed E-state index contributed by atoms with van der Waals surface area (Å²) in [5.74, 6) is 1.02. The molecule has 164 valence electrons. The highest BCUT2D eigenvalue weighted by atomic mass is 16.5. The quantitative estimate of drug-likeness (QED) is 0.602. The molecule has 2 aromatic carbocycles. The first kappa shape index (κ1) is 23.3. The fourth-order valence-corrected chi connectivity index (χ4v) is 2.96. The maximum atomic E-state index is 10.7. The van der Waals surface area contributed by atoms with Crippen LogP contribution in [0.15, 0.2) is 36.4 Å². The Balaban J connectivity index is 2.15. The van der Waals surface area contributed by atoms with Gasteiger partial charge in [-0.15, -0.1) is 0 Å². The summed E-state index contributed by atoms with van der Waals surface area (Å²) in [4.78, 5) is 10.7. The van der Waals surface area contributed by atoms with Gasteiger partial charge in [-0.1, -0.05) is 12.1 Å². The van der Waals surface area contributed by atoms with E-state index in [4.69, 9.17) is 24.1 Å². The molecule has 0 aliphatic heterocycles. The number of hydrogen-bond acceptors (Lipinski definition) is 6. The van der Waals surface area contributed by atoms with Gasteiger partial charge in [0, 0.05) is 0 Å². The van der Waals surface area contributed by atoms with Crippen LogP contribution in [0.3, 0.4) is 0 Å². The number of methoxy groups -OCH3 is 2. The second kappa shape index (κ2) is 10.2. The van der Waals surface area contributed by atoms with E-state index in [0.29, 0.717) is 41.4 Å². The van der Waals surface area contributed by atoms with Crippen LogP contribution in [0.5, 0.6) is 23.0 Å². The Hall–Kier alpha value is -2.93. The Morgan fingerprint density at radius 1 is 1.07 bits per heavy atom. The first-order valence-electron chi connectivity index (χ1n) is 9.69. The Morgan fingerprint density at radius 2 is 1.77 bits per heavy atom. The zero-order valence-electron chi connectivity index (χ0n) is 18.1.